The van der Waals surface area contributed by atoms with Gasteiger partial charge >= 0.3 is 0 Å². The fourth-order valence-electron chi connectivity index (χ4n) is 5.28. The van der Waals surface area contributed by atoms with Crippen molar-refractivity contribution < 1.29 is 9.59 Å². The Morgan fingerprint density at radius 2 is 1.61 bits per heavy atom. The van der Waals surface area contributed by atoms with E-state index in [-0.39, 0.29) is 30.3 Å². The van der Waals surface area contributed by atoms with Crippen LogP contribution in [0, 0.1) is 5.92 Å². The molecule has 4 rings (SSSR count). The molecule has 1 heterocycles. The van der Waals surface area contributed by atoms with Gasteiger partial charge in [0, 0.05) is 37.1 Å². The van der Waals surface area contributed by atoms with Gasteiger partial charge in [0.05, 0.1) is 6.54 Å². The van der Waals surface area contributed by atoms with E-state index in [1.54, 1.807) is 11.0 Å². The second-order valence-corrected chi connectivity index (χ2v) is 10.8. The standard InChI is InChI=1S/C33H41N3O2/c1-27(2)23-35(32(37)21-20-28-13-6-3-7-14-28)26-33(38)36(30-17-10-5-11-18-30)25-31-19-12-22-34(31)24-29-15-8-4-9-16-29/h3-4,6-9,12-16,19-22,27,30H,5,10-11,17-18,23-26H2,1-2H3/b21-20+. The molecule has 0 saturated heterocycles. The summed E-state index contributed by atoms with van der Waals surface area (Å²) in [6, 6.07) is 24.6. The number of rotatable bonds is 11. The van der Waals surface area contributed by atoms with Crippen LogP contribution in [0.5, 0.6) is 0 Å². The normalized spacial score (nSPS) is 14.2. The number of aromatic nitrogens is 1. The summed E-state index contributed by atoms with van der Waals surface area (Å²) in [6.07, 6.45) is 11.1. The SMILES string of the molecule is CC(C)CN(CC(=O)N(Cc1cccn1Cc1ccccc1)C1CCCCC1)C(=O)/C=C/c1ccccc1. The van der Waals surface area contributed by atoms with E-state index < -0.39 is 0 Å². The van der Waals surface area contributed by atoms with Gasteiger partial charge in [-0.2, -0.15) is 0 Å². The lowest BCUT2D eigenvalue weighted by molar-refractivity contribution is -0.141. The van der Waals surface area contributed by atoms with Gasteiger partial charge in [-0.05, 0) is 48.1 Å². The summed E-state index contributed by atoms with van der Waals surface area (Å²) in [7, 11) is 0. The minimum atomic E-state index is -0.119. The van der Waals surface area contributed by atoms with E-state index in [2.05, 4.69) is 65.9 Å². The first kappa shape index (κ1) is 27.4. The van der Waals surface area contributed by atoms with E-state index in [9.17, 15) is 9.59 Å². The highest BCUT2D eigenvalue weighted by atomic mass is 16.2. The number of hydrogen-bond acceptors (Lipinski definition) is 2. The zero-order valence-corrected chi connectivity index (χ0v) is 22.8. The summed E-state index contributed by atoms with van der Waals surface area (Å²) in [5.41, 5.74) is 3.33. The first-order valence-electron chi connectivity index (χ1n) is 14.0. The van der Waals surface area contributed by atoms with Crippen LogP contribution in [-0.4, -0.2) is 45.3 Å². The molecule has 0 bridgehead atoms. The van der Waals surface area contributed by atoms with E-state index >= 15 is 0 Å². The van der Waals surface area contributed by atoms with Crippen LogP contribution in [0.2, 0.25) is 0 Å². The van der Waals surface area contributed by atoms with Gasteiger partial charge in [0.1, 0.15) is 6.54 Å². The topological polar surface area (TPSA) is 45.6 Å². The molecule has 1 saturated carbocycles. The van der Waals surface area contributed by atoms with Gasteiger partial charge in [-0.25, -0.2) is 0 Å². The smallest absolute Gasteiger partial charge is 0.247 e. The van der Waals surface area contributed by atoms with Crippen LogP contribution in [0.4, 0.5) is 0 Å². The lowest BCUT2D eigenvalue weighted by Crippen LogP contribution is -2.48. The molecule has 1 fully saturated rings. The molecule has 0 spiro atoms. The van der Waals surface area contributed by atoms with E-state index in [1.165, 1.54) is 12.0 Å². The van der Waals surface area contributed by atoms with Gasteiger partial charge in [0.25, 0.3) is 0 Å². The first-order chi connectivity index (χ1) is 18.5. The first-order valence-corrected chi connectivity index (χ1v) is 14.0. The van der Waals surface area contributed by atoms with Crippen molar-refractivity contribution in [2.45, 2.75) is 65.1 Å². The lowest BCUT2D eigenvalue weighted by Gasteiger charge is -2.36. The van der Waals surface area contributed by atoms with E-state index in [0.29, 0.717) is 13.1 Å². The number of benzene rings is 2. The molecule has 2 amide bonds. The van der Waals surface area contributed by atoms with Crippen molar-refractivity contribution in [1.82, 2.24) is 14.4 Å². The maximum absolute atomic E-state index is 13.9. The van der Waals surface area contributed by atoms with Gasteiger partial charge in [0.2, 0.25) is 11.8 Å². The van der Waals surface area contributed by atoms with Crippen molar-refractivity contribution in [2.75, 3.05) is 13.1 Å². The Balaban J connectivity index is 1.51. The number of nitrogens with zero attached hydrogens (tertiary/aromatic N) is 3. The Kier molecular flexibility index (Phi) is 9.97. The molecule has 3 aromatic rings. The highest BCUT2D eigenvalue weighted by Gasteiger charge is 2.28. The van der Waals surface area contributed by atoms with Gasteiger partial charge in [-0.1, -0.05) is 93.8 Å². The number of carbonyl (C=O) groups excluding carboxylic acids is 2. The molecule has 0 aliphatic heterocycles. The third-order valence-electron chi connectivity index (χ3n) is 7.23. The summed E-state index contributed by atoms with van der Waals surface area (Å²) >= 11 is 0. The maximum atomic E-state index is 13.9. The van der Waals surface area contributed by atoms with Crippen molar-refractivity contribution >= 4 is 17.9 Å². The Labute approximate surface area is 227 Å². The lowest BCUT2D eigenvalue weighted by atomic mass is 9.94. The molecule has 200 valence electrons. The zero-order chi connectivity index (χ0) is 26.7. The average molecular weight is 512 g/mol. The average Bonchev–Trinajstić information content (AvgIpc) is 3.37. The van der Waals surface area contributed by atoms with Gasteiger partial charge in [-0.3, -0.25) is 9.59 Å². The highest BCUT2D eigenvalue weighted by Crippen LogP contribution is 2.25. The van der Waals surface area contributed by atoms with Crippen molar-refractivity contribution in [3.8, 4) is 0 Å². The summed E-state index contributed by atoms with van der Waals surface area (Å²) in [5.74, 6) is 0.182. The Bertz CT molecular complexity index is 1180. The molecule has 0 unspecified atom stereocenters. The molecular formula is C33H41N3O2. The molecule has 2 aromatic carbocycles. The molecule has 1 aliphatic carbocycles. The second-order valence-electron chi connectivity index (χ2n) is 10.8. The van der Waals surface area contributed by atoms with Crippen molar-refractivity contribution in [2.24, 2.45) is 5.92 Å². The summed E-state index contributed by atoms with van der Waals surface area (Å²) in [6.45, 7) is 6.16. The number of carbonyl (C=O) groups is 2. The van der Waals surface area contributed by atoms with E-state index in [0.717, 1.165) is 43.5 Å². The molecule has 1 aromatic heterocycles. The van der Waals surface area contributed by atoms with Crippen LogP contribution in [0.15, 0.2) is 85.1 Å². The molecule has 5 heteroatoms. The Hall–Kier alpha value is -3.60. The largest absolute Gasteiger partial charge is 0.345 e. The van der Waals surface area contributed by atoms with E-state index in [1.807, 2.05) is 42.5 Å². The summed E-state index contributed by atoms with van der Waals surface area (Å²) in [5, 5.41) is 0. The van der Waals surface area contributed by atoms with Crippen LogP contribution in [0.3, 0.4) is 0 Å². The van der Waals surface area contributed by atoms with Crippen molar-refractivity contribution in [3.05, 3.63) is 102 Å². The van der Waals surface area contributed by atoms with Crippen LogP contribution >= 0.6 is 0 Å². The fourth-order valence-corrected chi connectivity index (χ4v) is 5.28. The van der Waals surface area contributed by atoms with Crippen molar-refractivity contribution in [3.63, 3.8) is 0 Å². The predicted octanol–water partition coefficient (Wildman–Crippen LogP) is 6.40. The second kappa shape index (κ2) is 13.8. The molecule has 0 N–H and O–H groups in total. The van der Waals surface area contributed by atoms with Crippen LogP contribution in [-0.2, 0) is 22.7 Å². The third-order valence-corrected chi connectivity index (χ3v) is 7.23. The molecule has 38 heavy (non-hydrogen) atoms. The zero-order valence-electron chi connectivity index (χ0n) is 22.8. The molecule has 5 nitrogen and oxygen atoms in total. The Morgan fingerprint density at radius 1 is 0.921 bits per heavy atom. The minimum absolute atomic E-state index is 0.0338. The molecule has 0 atom stereocenters. The number of amides is 2. The molecular weight excluding hydrogens is 470 g/mol. The monoisotopic (exact) mass is 511 g/mol. The van der Waals surface area contributed by atoms with E-state index in [4.69, 9.17) is 0 Å². The summed E-state index contributed by atoms with van der Waals surface area (Å²) in [4.78, 5) is 30.9. The van der Waals surface area contributed by atoms with Crippen molar-refractivity contribution in [1.29, 1.82) is 0 Å². The minimum Gasteiger partial charge on any atom is -0.345 e. The van der Waals surface area contributed by atoms with Crippen LogP contribution in [0.25, 0.3) is 6.08 Å². The van der Waals surface area contributed by atoms with Gasteiger partial charge in [-0.15, -0.1) is 0 Å². The highest BCUT2D eigenvalue weighted by molar-refractivity contribution is 5.94. The molecule has 0 radical (unpaired) electrons. The predicted molar refractivity (Wildman–Crippen MR) is 154 cm³/mol. The third kappa shape index (κ3) is 7.95. The summed E-state index contributed by atoms with van der Waals surface area (Å²) < 4.78 is 2.23. The Morgan fingerprint density at radius 3 is 2.29 bits per heavy atom. The van der Waals surface area contributed by atoms with Gasteiger partial charge in [0.15, 0.2) is 0 Å². The molecule has 1 aliphatic rings. The fraction of sp³-hybridized carbons (Fsp3) is 0.394. The number of hydrogen-bond donors (Lipinski definition) is 0. The van der Waals surface area contributed by atoms with Crippen LogP contribution in [0.1, 0.15) is 62.8 Å². The van der Waals surface area contributed by atoms with Gasteiger partial charge < -0.3 is 14.4 Å². The maximum Gasteiger partial charge on any atom is 0.247 e. The quantitative estimate of drug-likeness (QED) is 0.280. The van der Waals surface area contributed by atoms with Crippen LogP contribution < -0.4 is 0 Å².